The second kappa shape index (κ2) is 2.48. The Hall–Kier alpha value is -1.55. The molecule has 0 aliphatic heterocycles. The molecule has 72 valence electrons. The van der Waals surface area contributed by atoms with Gasteiger partial charge in [0.15, 0.2) is 0 Å². The minimum atomic E-state index is -0.172. The number of H-pyrrole nitrogens is 2. The van der Waals surface area contributed by atoms with Gasteiger partial charge in [-0.2, -0.15) is 0 Å². The van der Waals surface area contributed by atoms with Crippen LogP contribution in [0.1, 0.15) is 18.7 Å². The lowest BCUT2D eigenvalue weighted by molar-refractivity contribution is 0.685. The standard InChI is InChI=1S/C10H12N4/c11-10(2-3-10)9-13-6-8(14-9)7-1-4-12-5-7/h1,4-6,12H,2-3,11H2,(H,13,14). The molecule has 0 spiro atoms. The van der Waals surface area contributed by atoms with Crippen molar-refractivity contribution >= 4 is 0 Å². The largest absolute Gasteiger partial charge is 0.367 e. The third kappa shape index (κ3) is 1.08. The highest BCUT2D eigenvalue weighted by Crippen LogP contribution is 2.41. The van der Waals surface area contributed by atoms with Crippen LogP contribution in [0.15, 0.2) is 24.7 Å². The topological polar surface area (TPSA) is 70.5 Å². The van der Waals surface area contributed by atoms with Gasteiger partial charge in [-0.25, -0.2) is 4.98 Å². The monoisotopic (exact) mass is 188 g/mol. The molecule has 1 aliphatic carbocycles. The van der Waals surface area contributed by atoms with Crippen LogP contribution < -0.4 is 5.73 Å². The molecule has 1 saturated carbocycles. The van der Waals surface area contributed by atoms with Crippen molar-refractivity contribution in [1.82, 2.24) is 15.0 Å². The predicted molar refractivity (Wildman–Crippen MR) is 53.5 cm³/mol. The van der Waals surface area contributed by atoms with E-state index in [1.165, 1.54) is 0 Å². The molecular formula is C10H12N4. The van der Waals surface area contributed by atoms with Gasteiger partial charge in [-0.1, -0.05) is 0 Å². The SMILES string of the molecule is NC1(c2ncc(-c3cc[nH]c3)[nH]2)CC1. The molecule has 4 nitrogen and oxygen atoms in total. The first-order chi connectivity index (χ1) is 6.78. The molecule has 0 unspecified atom stereocenters. The second-order valence-corrected chi connectivity index (χ2v) is 3.90. The first kappa shape index (κ1) is 7.82. The van der Waals surface area contributed by atoms with E-state index in [1.54, 1.807) is 0 Å². The number of nitrogens with two attached hydrogens (primary N) is 1. The van der Waals surface area contributed by atoms with Gasteiger partial charge >= 0.3 is 0 Å². The molecule has 0 amide bonds. The van der Waals surface area contributed by atoms with Gasteiger partial charge < -0.3 is 15.7 Å². The van der Waals surface area contributed by atoms with Gasteiger partial charge in [-0.05, 0) is 18.9 Å². The van der Waals surface area contributed by atoms with E-state index in [0.717, 1.165) is 29.9 Å². The van der Waals surface area contributed by atoms with Crippen LogP contribution in [0.5, 0.6) is 0 Å². The molecule has 3 rings (SSSR count). The van der Waals surface area contributed by atoms with Crippen molar-refractivity contribution in [2.75, 3.05) is 0 Å². The third-order valence-electron chi connectivity index (χ3n) is 2.75. The first-order valence-electron chi connectivity index (χ1n) is 4.75. The van der Waals surface area contributed by atoms with E-state index >= 15 is 0 Å². The molecule has 0 radical (unpaired) electrons. The summed E-state index contributed by atoms with van der Waals surface area (Å²) >= 11 is 0. The average Bonchev–Trinajstić information content (AvgIpc) is 2.73. The van der Waals surface area contributed by atoms with Gasteiger partial charge in [0.1, 0.15) is 5.82 Å². The fraction of sp³-hybridized carbons (Fsp3) is 0.300. The summed E-state index contributed by atoms with van der Waals surface area (Å²) in [7, 11) is 0. The second-order valence-electron chi connectivity index (χ2n) is 3.90. The zero-order chi connectivity index (χ0) is 9.60. The Morgan fingerprint density at radius 2 is 2.29 bits per heavy atom. The molecule has 1 fully saturated rings. The quantitative estimate of drug-likeness (QED) is 0.665. The molecule has 0 aromatic carbocycles. The van der Waals surface area contributed by atoms with E-state index in [1.807, 2.05) is 24.7 Å². The summed E-state index contributed by atoms with van der Waals surface area (Å²) in [5.41, 5.74) is 8.01. The van der Waals surface area contributed by atoms with Gasteiger partial charge in [0.2, 0.25) is 0 Å². The lowest BCUT2D eigenvalue weighted by atomic mass is 10.2. The van der Waals surface area contributed by atoms with Crippen molar-refractivity contribution in [2.24, 2.45) is 5.73 Å². The van der Waals surface area contributed by atoms with Crippen LogP contribution in [0.2, 0.25) is 0 Å². The first-order valence-corrected chi connectivity index (χ1v) is 4.75. The van der Waals surface area contributed by atoms with Gasteiger partial charge in [0.25, 0.3) is 0 Å². The fourth-order valence-electron chi connectivity index (χ4n) is 1.58. The molecule has 0 bridgehead atoms. The number of hydrogen-bond donors (Lipinski definition) is 3. The highest BCUT2D eigenvalue weighted by molar-refractivity contribution is 5.57. The van der Waals surface area contributed by atoms with Crippen LogP contribution in [0.4, 0.5) is 0 Å². The van der Waals surface area contributed by atoms with Crippen molar-refractivity contribution in [1.29, 1.82) is 0 Å². The Balaban J connectivity index is 1.98. The number of aromatic amines is 2. The van der Waals surface area contributed by atoms with E-state index < -0.39 is 0 Å². The summed E-state index contributed by atoms with van der Waals surface area (Å²) in [6.45, 7) is 0. The number of rotatable bonds is 2. The number of hydrogen-bond acceptors (Lipinski definition) is 2. The van der Waals surface area contributed by atoms with Crippen LogP contribution in [0.25, 0.3) is 11.3 Å². The van der Waals surface area contributed by atoms with Crippen LogP contribution >= 0.6 is 0 Å². The maximum absolute atomic E-state index is 6.03. The highest BCUT2D eigenvalue weighted by Gasteiger charge is 2.42. The summed E-state index contributed by atoms with van der Waals surface area (Å²) in [6.07, 6.45) is 7.74. The molecule has 2 heterocycles. The number of imidazole rings is 1. The zero-order valence-electron chi connectivity index (χ0n) is 7.75. The summed E-state index contributed by atoms with van der Waals surface area (Å²) in [6, 6.07) is 2.01. The van der Waals surface area contributed by atoms with E-state index in [0.29, 0.717) is 0 Å². The third-order valence-corrected chi connectivity index (χ3v) is 2.75. The van der Waals surface area contributed by atoms with E-state index in [9.17, 15) is 0 Å². The van der Waals surface area contributed by atoms with Crippen molar-refractivity contribution in [2.45, 2.75) is 18.4 Å². The molecule has 0 saturated heterocycles. The minimum Gasteiger partial charge on any atom is -0.367 e. The van der Waals surface area contributed by atoms with Crippen LogP contribution in [-0.4, -0.2) is 15.0 Å². The highest BCUT2D eigenvalue weighted by atomic mass is 15.0. The molecule has 0 atom stereocenters. The van der Waals surface area contributed by atoms with Gasteiger partial charge in [-0.15, -0.1) is 0 Å². The molecule has 1 aliphatic rings. The van der Waals surface area contributed by atoms with Crippen molar-refractivity contribution in [3.8, 4) is 11.3 Å². The summed E-state index contributed by atoms with van der Waals surface area (Å²) < 4.78 is 0. The van der Waals surface area contributed by atoms with Crippen LogP contribution in [-0.2, 0) is 5.54 Å². The van der Waals surface area contributed by atoms with Crippen molar-refractivity contribution in [3.63, 3.8) is 0 Å². The van der Waals surface area contributed by atoms with Crippen molar-refractivity contribution in [3.05, 3.63) is 30.5 Å². The van der Waals surface area contributed by atoms with E-state index in [2.05, 4.69) is 15.0 Å². The molecule has 14 heavy (non-hydrogen) atoms. The smallest absolute Gasteiger partial charge is 0.126 e. The normalized spacial score (nSPS) is 18.4. The Kier molecular flexibility index (Phi) is 1.39. The lowest BCUT2D eigenvalue weighted by Gasteiger charge is -2.02. The molecule has 2 aromatic rings. The maximum Gasteiger partial charge on any atom is 0.126 e. The Morgan fingerprint density at radius 1 is 1.43 bits per heavy atom. The predicted octanol–water partition coefficient (Wildman–Crippen LogP) is 1.35. The number of nitrogens with one attached hydrogen (secondary N) is 2. The maximum atomic E-state index is 6.03. The average molecular weight is 188 g/mol. The summed E-state index contributed by atoms with van der Waals surface area (Å²) in [4.78, 5) is 10.6. The Bertz CT molecular complexity index is 436. The van der Waals surface area contributed by atoms with Gasteiger partial charge in [-0.3, -0.25) is 0 Å². The van der Waals surface area contributed by atoms with E-state index in [-0.39, 0.29) is 5.54 Å². The number of nitrogens with zero attached hydrogens (tertiary/aromatic N) is 1. The molecule has 4 N–H and O–H groups in total. The van der Waals surface area contributed by atoms with Gasteiger partial charge in [0.05, 0.1) is 17.4 Å². The van der Waals surface area contributed by atoms with Crippen LogP contribution in [0.3, 0.4) is 0 Å². The minimum absolute atomic E-state index is 0.172. The summed E-state index contributed by atoms with van der Waals surface area (Å²) in [5.74, 6) is 0.911. The van der Waals surface area contributed by atoms with Gasteiger partial charge in [0, 0.05) is 18.0 Å². The molecule has 4 heteroatoms. The molecule has 2 aromatic heterocycles. The van der Waals surface area contributed by atoms with Crippen molar-refractivity contribution < 1.29 is 0 Å². The fourth-order valence-corrected chi connectivity index (χ4v) is 1.58. The van der Waals surface area contributed by atoms with E-state index in [4.69, 9.17) is 5.73 Å². The Labute approximate surface area is 81.6 Å². The molecular weight excluding hydrogens is 176 g/mol. The lowest BCUT2D eigenvalue weighted by Crippen LogP contribution is -2.20. The van der Waals surface area contributed by atoms with Crippen LogP contribution in [0, 0.1) is 0 Å². The number of aromatic nitrogens is 3. The summed E-state index contributed by atoms with van der Waals surface area (Å²) in [5, 5.41) is 0. The Morgan fingerprint density at radius 3 is 2.93 bits per heavy atom. The zero-order valence-corrected chi connectivity index (χ0v) is 7.75.